The van der Waals surface area contributed by atoms with E-state index in [-0.39, 0.29) is 16.1 Å². The molecule has 6 atom stereocenters. The van der Waals surface area contributed by atoms with E-state index in [2.05, 4.69) is 5.32 Å². The Morgan fingerprint density at radius 2 is 1.95 bits per heavy atom. The van der Waals surface area contributed by atoms with E-state index in [1.54, 1.807) is 0 Å². The zero-order valence-electron chi connectivity index (χ0n) is 11.7. The van der Waals surface area contributed by atoms with Crippen molar-refractivity contribution < 1.29 is 24.5 Å². The quantitative estimate of drug-likeness (QED) is 0.606. The lowest BCUT2D eigenvalue weighted by atomic mass is 9.71. The van der Waals surface area contributed by atoms with Crippen molar-refractivity contribution in [2.24, 2.45) is 0 Å². The molecule has 3 heterocycles. The van der Waals surface area contributed by atoms with Crippen molar-refractivity contribution in [1.82, 2.24) is 5.32 Å². The number of aliphatic hydroxyl groups excluding tert-OH is 2. The number of hydrogen-bond donors (Lipinski definition) is 3. The van der Waals surface area contributed by atoms with E-state index < -0.39 is 30.1 Å². The molecular formula is C13H19NO5S2. The molecule has 0 aromatic rings. The minimum absolute atomic E-state index is 0.244. The summed E-state index contributed by atoms with van der Waals surface area (Å²) in [6, 6.07) is 0. The van der Waals surface area contributed by atoms with E-state index in [0.29, 0.717) is 6.42 Å². The Hall–Kier alpha value is 0.01000. The number of aliphatic hydroxyl groups is 2. The Morgan fingerprint density at radius 1 is 1.24 bits per heavy atom. The van der Waals surface area contributed by atoms with Gasteiger partial charge in [-0.05, 0) is 17.9 Å². The van der Waals surface area contributed by atoms with Crippen LogP contribution in [0.2, 0.25) is 0 Å². The van der Waals surface area contributed by atoms with Crippen LogP contribution in [0.4, 0.5) is 0 Å². The number of amides is 1. The van der Waals surface area contributed by atoms with Crippen molar-refractivity contribution in [1.29, 1.82) is 0 Å². The Balaban J connectivity index is 1.78. The van der Waals surface area contributed by atoms with Crippen LogP contribution in [-0.4, -0.2) is 67.9 Å². The molecule has 118 valence electrons. The fourth-order valence-corrected chi connectivity index (χ4v) is 7.70. The molecule has 4 rings (SSSR count). The summed E-state index contributed by atoms with van der Waals surface area (Å²) in [5, 5.41) is 24.1. The molecule has 4 fully saturated rings. The van der Waals surface area contributed by atoms with Gasteiger partial charge in [-0.2, -0.15) is 0 Å². The van der Waals surface area contributed by atoms with E-state index in [0.717, 1.165) is 17.9 Å². The first-order valence-electron chi connectivity index (χ1n) is 7.22. The standard InChI is InChI=1S/C13H19NO5S2/c1-6(15)14-12-5-13(20-3-2-4-21-13)10-7(8(12)16)18-11(19-10)9(12)17/h7-11,16-17H,2-5H2,1H3,(H,14,15)/t7-,8+,9+,10+,11-,12+/m0/s1. The largest absolute Gasteiger partial charge is 0.388 e. The second-order valence-corrected chi connectivity index (χ2v) is 9.29. The van der Waals surface area contributed by atoms with Crippen LogP contribution in [0, 0.1) is 0 Å². The first-order chi connectivity index (χ1) is 9.98. The number of rotatable bonds is 1. The third-order valence-electron chi connectivity index (χ3n) is 4.86. The van der Waals surface area contributed by atoms with Gasteiger partial charge in [0.25, 0.3) is 0 Å². The number of carbonyl (C=O) groups excluding carboxylic acids is 1. The first-order valence-corrected chi connectivity index (χ1v) is 9.19. The van der Waals surface area contributed by atoms with Crippen LogP contribution >= 0.6 is 23.5 Å². The van der Waals surface area contributed by atoms with Gasteiger partial charge in [0.2, 0.25) is 5.91 Å². The van der Waals surface area contributed by atoms with Crippen LogP contribution in [0.15, 0.2) is 0 Å². The zero-order chi connectivity index (χ0) is 14.8. The van der Waals surface area contributed by atoms with Gasteiger partial charge in [-0.15, -0.1) is 23.5 Å². The highest BCUT2D eigenvalue weighted by molar-refractivity contribution is 8.18. The lowest BCUT2D eigenvalue weighted by Crippen LogP contribution is -2.76. The summed E-state index contributed by atoms with van der Waals surface area (Å²) < 4.78 is 11.4. The zero-order valence-corrected chi connectivity index (χ0v) is 13.3. The van der Waals surface area contributed by atoms with Gasteiger partial charge in [0, 0.05) is 13.3 Å². The maximum absolute atomic E-state index is 11.7. The molecule has 0 radical (unpaired) electrons. The molecule has 21 heavy (non-hydrogen) atoms. The highest BCUT2D eigenvalue weighted by Crippen LogP contribution is 2.61. The Kier molecular flexibility index (Phi) is 3.30. The highest BCUT2D eigenvalue weighted by atomic mass is 32.2. The van der Waals surface area contributed by atoms with Crippen LogP contribution in [0.3, 0.4) is 0 Å². The normalized spacial score (nSPS) is 50.3. The van der Waals surface area contributed by atoms with E-state index in [1.807, 2.05) is 23.5 Å². The Morgan fingerprint density at radius 3 is 2.62 bits per heavy atom. The summed E-state index contributed by atoms with van der Waals surface area (Å²) in [7, 11) is 0. The molecule has 0 aromatic heterocycles. The minimum Gasteiger partial charge on any atom is -0.388 e. The SMILES string of the molecule is CC(=O)N[C@]12CC3(SCCCS3)[C@@H]3O[C@H](O[C@H]3[C@H]1O)[C@H]2O. The Bertz CT molecular complexity index is 465. The van der Waals surface area contributed by atoms with Crippen molar-refractivity contribution in [3.63, 3.8) is 0 Å². The summed E-state index contributed by atoms with van der Waals surface area (Å²) in [6.45, 7) is 1.41. The van der Waals surface area contributed by atoms with Gasteiger partial charge < -0.3 is 25.0 Å². The van der Waals surface area contributed by atoms with E-state index >= 15 is 0 Å². The van der Waals surface area contributed by atoms with Crippen molar-refractivity contribution >= 4 is 29.4 Å². The van der Waals surface area contributed by atoms with Gasteiger partial charge in [-0.3, -0.25) is 4.79 Å². The maximum Gasteiger partial charge on any atom is 0.217 e. The van der Waals surface area contributed by atoms with Gasteiger partial charge in [0.1, 0.15) is 30.0 Å². The first kappa shape index (κ1) is 14.6. The van der Waals surface area contributed by atoms with Gasteiger partial charge >= 0.3 is 0 Å². The van der Waals surface area contributed by atoms with Crippen molar-refractivity contribution in [3.8, 4) is 0 Å². The molecule has 3 N–H and O–H groups in total. The molecule has 1 saturated carbocycles. The molecule has 1 spiro atoms. The van der Waals surface area contributed by atoms with Crippen molar-refractivity contribution in [2.45, 2.75) is 60.1 Å². The van der Waals surface area contributed by atoms with Gasteiger partial charge in [-0.1, -0.05) is 0 Å². The molecule has 3 aliphatic heterocycles. The van der Waals surface area contributed by atoms with Crippen LogP contribution in [0.25, 0.3) is 0 Å². The van der Waals surface area contributed by atoms with E-state index in [9.17, 15) is 15.0 Å². The minimum atomic E-state index is -1.08. The molecule has 6 nitrogen and oxygen atoms in total. The number of hydrogen-bond acceptors (Lipinski definition) is 7. The maximum atomic E-state index is 11.7. The number of ether oxygens (including phenoxy) is 2. The molecule has 3 bridgehead atoms. The molecule has 1 amide bonds. The van der Waals surface area contributed by atoms with Gasteiger partial charge in [0.05, 0.1) is 4.08 Å². The monoisotopic (exact) mass is 333 g/mol. The summed E-state index contributed by atoms with van der Waals surface area (Å²) in [5.41, 5.74) is -1.08. The van der Waals surface area contributed by atoms with Crippen LogP contribution in [-0.2, 0) is 14.3 Å². The fourth-order valence-electron chi connectivity index (χ4n) is 4.03. The number of carbonyl (C=O) groups is 1. The third kappa shape index (κ3) is 1.86. The molecule has 0 aromatic carbocycles. The topological polar surface area (TPSA) is 88.0 Å². The second-order valence-electron chi connectivity index (χ2n) is 6.18. The third-order valence-corrected chi connectivity index (χ3v) is 8.28. The molecule has 4 aliphatic rings. The molecule has 1 aliphatic carbocycles. The summed E-state index contributed by atoms with van der Waals surface area (Å²) in [4.78, 5) is 11.7. The smallest absolute Gasteiger partial charge is 0.217 e. The van der Waals surface area contributed by atoms with Crippen LogP contribution in [0.1, 0.15) is 19.8 Å². The molecular weight excluding hydrogens is 314 g/mol. The average Bonchev–Trinajstić information content (AvgIpc) is 2.84. The average molecular weight is 333 g/mol. The lowest BCUT2D eigenvalue weighted by Gasteiger charge is -2.56. The molecule has 3 saturated heterocycles. The predicted molar refractivity (Wildman–Crippen MR) is 79.0 cm³/mol. The number of thioether (sulfide) groups is 2. The molecule has 8 heteroatoms. The fraction of sp³-hybridized carbons (Fsp3) is 0.923. The Labute approximate surface area is 131 Å². The summed E-state index contributed by atoms with van der Waals surface area (Å²) in [6.07, 6.45) is -1.87. The number of fused-ring (bicyclic) bond motifs is 3. The van der Waals surface area contributed by atoms with E-state index in [4.69, 9.17) is 9.47 Å². The summed E-state index contributed by atoms with van der Waals surface area (Å²) in [5.74, 6) is 1.79. The van der Waals surface area contributed by atoms with Gasteiger partial charge in [0.15, 0.2) is 6.29 Å². The van der Waals surface area contributed by atoms with Gasteiger partial charge in [-0.25, -0.2) is 0 Å². The van der Waals surface area contributed by atoms with Crippen LogP contribution < -0.4 is 5.32 Å². The van der Waals surface area contributed by atoms with E-state index in [1.165, 1.54) is 6.92 Å². The summed E-state index contributed by atoms with van der Waals surface area (Å²) >= 11 is 3.61. The number of nitrogens with one attached hydrogen (secondary N) is 1. The highest BCUT2D eigenvalue weighted by Gasteiger charge is 2.73. The van der Waals surface area contributed by atoms with Crippen molar-refractivity contribution in [2.75, 3.05) is 11.5 Å². The lowest BCUT2D eigenvalue weighted by molar-refractivity contribution is -0.225. The predicted octanol–water partition coefficient (Wildman–Crippen LogP) is -0.323. The van der Waals surface area contributed by atoms with Crippen molar-refractivity contribution in [3.05, 3.63) is 0 Å². The van der Waals surface area contributed by atoms with Crippen LogP contribution in [0.5, 0.6) is 0 Å². The second kappa shape index (κ2) is 4.75. The molecule has 0 unspecified atom stereocenters.